The van der Waals surface area contributed by atoms with Crippen LogP contribution in [-0.4, -0.2) is 38.3 Å². The lowest BCUT2D eigenvalue weighted by Gasteiger charge is -2.11. The van der Waals surface area contributed by atoms with Gasteiger partial charge in [-0.2, -0.15) is 0 Å². The number of carbonyl (C=O) groups excluding carboxylic acids is 1. The van der Waals surface area contributed by atoms with Crippen LogP contribution in [0.15, 0.2) is 34.6 Å². The zero-order valence-corrected chi connectivity index (χ0v) is 14.1. The lowest BCUT2D eigenvalue weighted by molar-refractivity contribution is -0.117. The fourth-order valence-corrected chi connectivity index (χ4v) is 3.92. The van der Waals surface area contributed by atoms with Gasteiger partial charge in [-0.15, -0.1) is 22.0 Å². The molecule has 1 aromatic heterocycles. The molecular formula is C13H14ClN5OS2. The smallest absolute Gasteiger partial charge is 0.242 e. The third kappa shape index (κ3) is 3.57. The molecule has 1 saturated heterocycles. The van der Waals surface area contributed by atoms with Gasteiger partial charge in [-0.25, -0.2) is 0 Å². The van der Waals surface area contributed by atoms with E-state index in [4.69, 9.17) is 11.6 Å². The first kappa shape index (κ1) is 15.7. The summed E-state index contributed by atoms with van der Waals surface area (Å²) in [5, 5.41) is 15.2. The van der Waals surface area contributed by atoms with Gasteiger partial charge < -0.3 is 9.88 Å². The van der Waals surface area contributed by atoms with Crippen LogP contribution in [0.3, 0.4) is 0 Å². The second kappa shape index (κ2) is 6.91. The van der Waals surface area contributed by atoms with Gasteiger partial charge in [-0.1, -0.05) is 11.6 Å². The Morgan fingerprint density at radius 3 is 3.09 bits per heavy atom. The third-order valence-electron chi connectivity index (χ3n) is 3.10. The number of benzene rings is 1. The van der Waals surface area contributed by atoms with Crippen LogP contribution in [0, 0.1) is 0 Å². The molecule has 9 heteroatoms. The highest BCUT2D eigenvalue weighted by atomic mass is 35.5. The zero-order valence-electron chi connectivity index (χ0n) is 11.7. The predicted octanol–water partition coefficient (Wildman–Crippen LogP) is 2.22. The summed E-state index contributed by atoms with van der Waals surface area (Å²) in [6.07, 6.45) is 1.64. The number of aryl methyl sites for hydroxylation is 1. The van der Waals surface area contributed by atoms with E-state index >= 15 is 0 Å². The highest BCUT2D eigenvalue weighted by Gasteiger charge is 2.22. The minimum atomic E-state index is -0.142. The zero-order chi connectivity index (χ0) is 15.5. The van der Waals surface area contributed by atoms with Crippen LogP contribution in [0.5, 0.6) is 0 Å². The molecule has 1 unspecified atom stereocenters. The van der Waals surface area contributed by atoms with Gasteiger partial charge >= 0.3 is 0 Å². The van der Waals surface area contributed by atoms with E-state index in [0.29, 0.717) is 10.7 Å². The van der Waals surface area contributed by atoms with Crippen molar-refractivity contribution in [3.8, 4) is 0 Å². The number of hydrogen-bond donors (Lipinski definition) is 2. The van der Waals surface area contributed by atoms with E-state index in [-0.39, 0.29) is 11.9 Å². The average molecular weight is 356 g/mol. The van der Waals surface area contributed by atoms with E-state index in [9.17, 15) is 4.79 Å². The first-order chi connectivity index (χ1) is 10.6. The summed E-state index contributed by atoms with van der Waals surface area (Å²) in [6.45, 7) is 0. The summed E-state index contributed by atoms with van der Waals surface area (Å²) >= 11 is 9.44. The maximum Gasteiger partial charge on any atom is 0.242 e. The number of anilines is 1. The molecule has 6 nitrogen and oxygen atoms in total. The summed E-state index contributed by atoms with van der Waals surface area (Å²) in [4.78, 5) is 12.9. The molecule has 0 radical (unpaired) electrons. The quantitative estimate of drug-likeness (QED) is 0.876. The van der Waals surface area contributed by atoms with Crippen molar-refractivity contribution in [2.75, 3.05) is 16.9 Å². The van der Waals surface area contributed by atoms with Gasteiger partial charge in [-0.05, 0) is 30.0 Å². The van der Waals surface area contributed by atoms with E-state index in [0.717, 1.165) is 21.7 Å². The number of nitrogens with zero attached hydrogens (tertiary/aromatic N) is 3. The molecular weight excluding hydrogens is 342 g/mol. The number of amides is 1. The molecule has 1 aliphatic heterocycles. The number of hydrogen-bond acceptors (Lipinski definition) is 6. The predicted molar refractivity (Wildman–Crippen MR) is 89.5 cm³/mol. The Labute approximate surface area is 141 Å². The normalized spacial score (nSPS) is 17.6. The highest BCUT2D eigenvalue weighted by Crippen LogP contribution is 2.33. The van der Waals surface area contributed by atoms with Crippen molar-refractivity contribution in [3.05, 3.63) is 29.5 Å². The van der Waals surface area contributed by atoms with Crippen LogP contribution in [0.25, 0.3) is 0 Å². The van der Waals surface area contributed by atoms with Crippen molar-refractivity contribution < 1.29 is 4.79 Å². The van der Waals surface area contributed by atoms with Gasteiger partial charge in [0.05, 0.1) is 11.1 Å². The Bertz CT molecular complexity index is 687. The maximum atomic E-state index is 12.1. The molecule has 22 heavy (non-hydrogen) atoms. The molecule has 1 aromatic carbocycles. The molecule has 1 fully saturated rings. The molecule has 116 valence electrons. The van der Waals surface area contributed by atoms with Crippen molar-refractivity contribution in [1.29, 1.82) is 0 Å². The fraction of sp³-hybridized carbons (Fsp3) is 0.308. The summed E-state index contributed by atoms with van der Waals surface area (Å²) < 4.78 is 1.82. The molecule has 1 amide bonds. The number of thioether (sulfide) groups is 1. The first-order valence-electron chi connectivity index (χ1n) is 6.57. The van der Waals surface area contributed by atoms with Crippen molar-refractivity contribution in [2.45, 2.75) is 16.1 Å². The van der Waals surface area contributed by atoms with E-state index in [1.807, 2.05) is 23.7 Å². The third-order valence-corrected chi connectivity index (χ3v) is 5.60. The van der Waals surface area contributed by atoms with Gasteiger partial charge in [0.1, 0.15) is 6.33 Å². The van der Waals surface area contributed by atoms with Gasteiger partial charge in [0.25, 0.3) is 0 Å². The topological polar surface area (TPSA) is 71.8 Å². The Morgan fingerprint density at radius 2 is 2.45 bits per heavy atom. The number of halogens is 1. The van der Waals surface area contributed by atoms with Crippen LogP contribution in [-0.2, 0) is 11.8 Å². The standard InChI is InChI=1S/C13H14ClN5OS2/c1-19-6-16-18-13(19)22-11-3-2-8(4-9(11)14)17-12(20)10-5-21-7-15-10/h2-4,6,10,15H,5,7H2,1H3,(H,17,20). The Hall–Kier alpha value is -1.22. The van der Waals surface area contributed by atoms with E-state index < -0.39 is 0 Å². The molecule has 3 rings (SSSR count). The molecule has 2 aromatic rings. The van der Waals surface area contributed by atoms with E-state index in [2.05, 4.69) is 20.8 Å². The molecule has 2 heterocycles. The molecule has 0 bridgehead atoms. The summed E-state index contributed by atoms with van der Waals surface area (Å²) in [5.41, 5.74) is 0.691. The molecule has 1 aliphatic rings. The SMILES string of the molecule is Cn1cnnc1Sc1ccc(NC(=O)C2CSCN2)cc1Cl. The van der Waals surface area contributed by atoms with Crippen molar-refractivity contribution in [1.82, 2.24) is 20.1 Å². The van der Waals surface area contributed by atoms with E-state index in [1.54, 1.807) is 24.2 Å². The Morgan fingerprint density at radius 1 is 1.59 bits per heavy atom. The molecule has 0 saturated carbocycles. The molecule has 1 atom stereocenters. The van der Waals surface area contributed by atoms with Crippen LogP contribution in [0.2, 0.25) is 5.02 Å². The summed E-state index contributed by atoms with van der Waals surface area (Å²) in [7, 11) is 1.87. The lowest BCUT2D eigenvalue weighted by atomic mass is 10.2. The second-order valence-corrected chi connectivity index (χ2v) is 7.18. The fourth-order valence-electron chi connectivity index (χ4n) is 1.92. The van der Waals surface area contributed by atoms with Crippen LogP contribution in [0.4, 0.5) is 5.69 Å². The van der Waals surface area contributed by atoms with Crippen LogP contribution >= 0.6 is 35.1 Å². The van der Waals surface area contributed by atoms with E-state index in [1.165, 1.54) is 11.8 Å². The highest BCUT2D eigenvalue weighted by molar-refractivity contribution is 7.99. The van der Waals surface area contributed by atoms with Crippen molar-refractivity contribution in [2.24, 2.45) is 7.05 Å². The lowest BCUT2D eigenvalue weighted by Crippen LogP contribution is -2.37. The minimum absolute atomic E-state index is 0.0326. The number of aromatic nitrogens is 3. The van der Waals surface area contributed by atoms with Gasteiger partial charge in [-0.3, -0.25) is 10.1 Å². The molecule has 0 spiro atoms. The minimum Gasteiger partial charge on any atom is -0.325 e. The van der Waals surface area contributed by atoms with Gasteiger partial charge in [0.2, 0.25) is 5.91 Å². The molecule has 0 aliphatic carbocycles. The van der Waals surface area contributed by atoms with Crippen LogP contribution in [0.1, 0.15) is 0 Å². The first-order valence-corrected chi connectivity index (χ1v) is 8.92. The Kier molecular flexibility index (Phi) is 4.92. The monoisotopic (exact) mass is 355 g/mol. The summed E-state index contributed by atoms with van der Waals surface area (Å²) in [6, 6.07) is 5.32. The van der Waals surface area contributed by atoms with Gasteiger partial charge in [0, 0.05) is 29.3 Å². The van der Waals surface area contributed by atoms with Gasteiger partial charge in [0.15, 0.2) is 5.16 Å². The number of carbonyl (C=O) groups is 1. The second-order valence-electron chi connectivity index (χ2n) is 4.73. The number of rotatable bonds is 4. The average Bonchev–Trinajstić information content (AvgIpc) is 3.14. The summed E-state index contributed by atoms with van der Waals surface area (Å²) in [5.74, 6) is 1.57. The maximum absolute atomic E-state index is 12.1. The largest absolute Gasteiger partial charge is 0.325 e. The van der Waals surface area contributed by atoms with Crippen LogP contribution < -0.4 is 10.6 Å². The molecule has 2 N–H and O–H groups in total. The Balaban J connectivity index is 1.69. The van der Waals surface area contributed by atoms with Crippen molar-refractivity contribution in [3.63, 3.8) is 0 Å². The number of nitrogens with one attached hydrogen (secondary N) is 2. The van der Waals surface area contributed by atoms with Crippen molar-refractivity contribution >= 4 is 46.7 Å².